The molecule has 1 aliphatic carbocycles. The van der Waals surface area contributed by atoms with Gasteiger partial charge in [-0.1, -0.05) is 25.5 Å². The van der Waals surface area contributed by atoms with Gasteiger partial charge in [-0.05, 0) is 48.6 Å². The van der Waals surface area contributed by atoms with E-state index in [1.165, 1.54) is 6.07 Å². The molecule has 1 fully saturated rings. The highest BCUT2D eigenvalue weighted by Gasteiger charge is 2.27. The van der Waals surface area contributed by atoms with Crippen LogP contribution in [0.25, 0.3) is 0 Å². The second-order valence-electron chi connectivity index (χ2n) is 6.06. The standard InChI is InChI=1S/C17H24F2O2/c1-2-11-3-5-12(6-4-11)14-7-8-15(13(9-20)10-21)17(19)16(14)18/h7-8,11-13,20-21H,2-6,9-10H2,1H3. The first kappa shape index (κ1) is 16.4. The highest BCUT2D eigenvalue weighted by molar-refractivity contribution is 5.31. The maximum Gasteiger partial charge on any atom is 0.162 e. The van der Waals surface area contributed by atoms with E-state index in [0.717, 1.165) is 32.1 Å². The molecule has 0 aliphatic heterocycles. The van der Waals surface area contributed by atoms with Gasteiger partial charge >= 0.3 is 0 Å². The second-order valence-corrected chi connectivity index (χ2v) is 6.06. The summed E-state index contributed by atoms with van der Waals surface area (Å²) in [7, 11) is 0. The largest absolute Gasteiger partial charge is 0.396 e. The van der Waals surface area contributed by atoms with E-state index in [-0.39, 0.29) is 11.5 Å². The Kier molecular flexibility index (Phi) is 5.71. The van der Waals surface area contributed by atoms with Crippen molar-refractivity contribution in [1.82, 2.24) is 0 Å². The first-order chi connectivity index (χ1) is 10.1. The maximum atomic E-state index is 14.3. The zero-order valence-corrected chi connectivity index (χ0v) is 12.5. The molecular formula is C17H24F2O2. The van der Waals surface area contributed by atoms with Gasteiger partial charge in [0.25, 0.3) is 0 Å². The molecule has 21 heavy (non-hydrogen) atoms. The van der Waals surface area contributed by atoms with Crippen molar-refractivity contribution in [3.05, 3.63) is 34.9 Å². The molecule has 118 valence electrons. The molecule has 1 aromatic rings. The fourth-order valence-corrected chi connectivity index (χ4v) is 3.35. The highest BCUT2D eigenvalue weighted by Crippen LogP contribution is 2.39. The van der Waals surface area contributed by atoms with Crippen LogP contribution in [0.1, 0.15) is 62.0 Å². The third-order valence-electron chi connectivity index (χ3n) is 4.89. The lowest BCUT2D eigenvalue weighted by Gasteiger charge is -2.28. The summed E-state index contributed by atoms with van der Waals surface area (Å²) in [5.74, 6) is -1.69. The molecule has 4 heteroatoms. The third kappa shape index (κ3) is 3.43. The number of hydrogen-bond donors (Lipinski definition) is 2. The SMILES string of the molecule is CCC1CCC(c2ccc(C(CO)CO)c(F)c2F)CC1. The number of aliphatic hydroxyl groups excluding tert-OH is 2. The zero-order chi connectivity index (χ0) is 15.4. The van der Waals surface area contributed by atoms with Crippen molar-refractivity contribution >= 4 is 0 Å². The molecule has 0 spiro atoms. The van der Waals surface area contributed by atoms with Crippen molar-refractivity contribution in [2.45, 2.75) is 50.9 Å². The number of halogens is 2. The van der Waals surface area contributed by atoms with E-state index in [9.17, 15) is 8.78 Å². The molecule has 0 bridgehead atoms. The lowest BCUT2D eigenvalue weighted by Crippen LogP contribution is -2.16. The van der Waals surface area contributed by atoms with E-state index in [1.807, 2.05) is 0 Å². The van der Waals surface area contributed by atoms with Crippen LogP contribution in [0, 0.1) is 17.6 Å². The molecule has 0 aromatic heterocycles. The minimum atomic E-state index is -0.918. The smallest absolute Gasteiger partial charge is 0.162 e. The van der Waals surface area contributed by atoms with Crippen molar-refractivity contribution in [3.63, 3.8) is 0 Å². The number of benzene rings is 1. The Morgan fingerprint density at radius 1 is 1.05 bits per heavy atom. The molecule has 2 nitrogen and oxygen atoms in total. The van der Waals surface area contributed by atoms with Crippen LogP contribution in [0.15, 0.2) is 12.1 Å². The molecule has 0 saturated heterocycles. The Balaban J connectivity index is 2.21. The van der Waals surface area contributed by atoms with Gasteiger partial charge in [0.05, 0.1) is 13.2 Å². The van der Waals surface area contributed by atoms with E-state index < -0.39 is 30.8 Å². The Morgan fingerprint density at radius 3 is 2.19 bits per heavy atom. The van der Waals surface area contributed by atoms with Gasteiger partial charge in [0.1, 0.15) is 0 Å². The predicted octanol–water partition coefficient (Wildman–Crippen LogP) is 3.72. The van der Waals surface area contributed by atoms with Gasteiger partial charge in [-0.2, -0.15) is 0 Å². The summed E-state index contributed by atoms with van der Waals surface area (Å²) in [5.41, 5.74) is 0.504. The van der Waals surface area contributed by atoms with Crippen LogP contribution in [0.5, 0.6) is 0 Å². The number of hydrogen-bond acceptors (Lipinski definition) is 2. The molecule has 1 aromatic carbocycles. The Morgan fingerprint density at radius 2 is 1.67 bits per heavy atom. The van der Waals surface area contributed by atoms with Gasteiger partial charge in [-0.15, -0.1) is 0 Å². The quantitative estimate of drug-likeness (QED) is 0.870. The normalized spacial score (nSPS) is 22.8. The lowest BCUT2D eigenvalue weighted by atomic mass is 9.77. The van der Waals surface area contributed by atoms with Crippen LogP contribution in [0.4, 0.5) is 8.78 Å². The molecule has 1 saturated carbocycles. The average Bonchev–Trinajstić information content (AvgIpc) is 2.53. The monoisotopic (exact) mass is 298 g/mol. The van der Waals surface area contributed by atoms with Crippen LogP contribution in [0.2, 0.25) is 0 Å². The fourth-order valence-electron chi connectivity index (χ4n) is 3.35. The number of rotatable bonds is 5. The topological polar surface area (TPSA) is 40.5 Å². The Labute approximate surface area is 124 Å². The van der Waals surface area contributed by atoms with E-state index in [4.69, 9.17) is 10.2 Å². The molecule has 1 aliphatic rings. The molecule has 2 rings (SSSR count). The van der Waals surface area contributed by atoms with Crippen molar-refractivity contribution in [2.24, 2.45) is 5.92 Å². The van der Waals surface area contributed by atoms with E-state index in [2.05, 4.69) is 6.92 Å². The summed E-state index contributed by atoms with van der Waals surface area (Å²) in [5, 5.41) is 18.2. The van der Waals surface area contributed by atoms with Crippen LogP contribution < -0.4 is 0 Å². The molecule has 0 radical (unpaired) electrons. The van der Waals surface area contributed by atoms with Crippen LogP contribution in [0.3, 0.4) is 0 Å². The summed E-state index contributed by atoms with van der Waals surface area (Å²) in [6.45, 7) is 1.38. The van der Waals surface area contributed by atoms with E-state index in [0.29, 0.717) is 11.5 Å². The summed E-state index contributed by atoms with van der Waals surface area (Å²) in [6.07, 6.45) is 5.09. The number of aliphatic hydroxyl groups is 2. The predicted molar refractivity (Wildman–Crippen MR) is 78.3 cm³/mol. The van der Waals surface area contributed by atoms with Crippen molar-refractivity contribution in [1.29, 1.82) is 0 Å². The van der Waals surface area contributed by atoms with Gasteiger partial charge in [-0.3, -0.25) is 0 Å². The van der Waals surface area contributed by atoms with Gasteiger partial charge in [0.2, 0.25) is 0 Å². The fraction of sp³-hybridized carbons (Fsp3) is 0.647. The first-order valence-corrected chi connectivity index (χ1v) is 7.81. The van der Waals surface area contributed by atoms with Gasteiger partial charge in [-0.25, -0.2) is 8.78 Å². The average molecular weight is 298 g/mol. The summed E-state index contributed by atoms with van der Waals surface area (Å²) in [4.78, 5) is 0. The molecule has 0 unspecified atom stereocenters. The summed E-state index contributed by atoms with van der Waals surface area (Å²) >= 11 is 0. The van der Waals surface area contributed by atoms with Crippen molar-refractivity contribution in [3.8, 4) is 0 Å². The molecule has 0 atom stereocenters. The highest BCUT2D eigenvalue weighted by atomic mass is 19.2. The Hall–Kier alpha value is -1.00. The maximum absolute atomic E-state index is 14.3. The molecular weight excluding hydrogens is 274 g/mol. The van der Waals surface area contributed by atoms with Crippen molar-refractivity contribution in [2.75, 3.05) is 13.2 Å². The Bertz CT molecular complexity index is 464. The second kappa shape index (κ2) is 7.32. The summed E-state index contributed by atoms with van der Waals surface area (Å²) in [6, 6.07) is 3.14. The van der Waals surface area contributed by atoms with Crippen LogP contribution in [-0.4, -0.2) is 23.4 Å². The minimum Gasteiger partial charge on any atom is -0.396 e. The van der Waals surface area contributed by atoms with Gasteiger partial charge in [0.15, 0.2) is 11.6 Å². The molecule has 0 heterocycles. The third-order valence-corrected chi connectivity index (χ3v) is 4.89. The summed E-state index contributed by atoms with van der Waals surface area (Å²) < 4.78 is 28.5. The van der Waals surface area contributed by atoms with Crippen LogP contribution >= 0.6 is 0 Å². The zero-order valence-electron chi connectivity index (χ0n) is 12.5. The van der Waals surface area contributed by atoms with Crippen molar-refractivity contribution < 1.29 is 19.0 Å². The van der Waals surface area contributed by atoms with Gasteiger partial charge < -0.3 is 10.2 Å². The van der Waals surface area contributed by atoms with E-state index in [1.54, 1.807) is 6.07 Å². The molecule has 2 N–H and O–H groups in total. The van der Waals surface area contributed by atoms with Gasteiger partial charge in [0, 0.05) is 5.92 Å². The lowest BCUT2D eigenvalue weighted by molar-refractivity contribution is 0.189. The molecule has 0 amide bonds. The minimum absolute atomic E-state index is 0.0588. The first-order valence-electron chi connectivity index (χ1n) is 7.81. The van der Waals surface area contributed by atoms with Crippen LogP contribution in [-0.2, 0) is 0 Å². The van der Waals surface area contributed by atoms with E-state index >= 15 is 0 Å².